The van der Waals surface area contributed by atoms with Crippen LogP contribution < -0.4 is 20.9 Å². The van der Waals surface area contributed by atoms with Crippen LogP contribution in [0.15, 0.2) is 18.2 Å². The van der Waals surface area contributed by atoms with Crippen LogP contribution in [0.3, 0.4) is 0 Å². The second-order valence-electron chi connectivity index (χ2n) is 4.73. The number of rotatable bonds is 8. The Balaban J connectivity index is 3.03. The van der Waals surface area contributed by atoms with Crippen LogP contribution in [0.5, 0.6) is 11.5 Å². The Kier molecular flexibility index (Phi) is 6.67. The Morgan fingerprint density at radius 2 is 1.95 bits per heavy atom. The molecule has 1 aromatic rings. The Labute approximate surface area is 116 Å². The molecule has 0 aliphatic rings. The predicted octanol–water partition coefficient (Wildman–Crippen LogP) is 2.26. The lowest BCUT2D eigenvalue weighted by Crippen LogP contribution is -2.33. The van der Waals surface area contributed by atoms with Gasteiger partial charge in [0.2, 0.25) is 0 Å². The monoisotopic (exact) mass is 266 g/mol. The first kappa shape index (κ1) is 15.8. The molecule has 0 bridgehead atoms. The summed E-state index contributed by atoms with van der Waals surface area (Å²) in [5, 5.41) is 0. The van der Waals surface area contributed by atoms with E-state index in [0.29, 0.717) is 6.54 Å². The highest BCUT2D eigenvalue weighted by Crippen LogP contribution is 2.36. The van der Waals surface area contributed by atoms with Crippen LogP contribution in [-0.2, 0) is 0 Å². The first-order valence-electron chi connectivity index (χ1n) is 6.86. The number of hydrogen-bond acceptors (Lipinski definition) is 4. The summed E-state index contributed by atoms with van der Waals surface area (Å²) < 4.78 is 10.8. The zero-order valence-corrected chi connectivity index (χ0v) is 12.2. The number of unbranched alkanes of at least 4 members (excludes halogenated alkanes) is 1. The maximum absolute atomic E-state index is 6.29. The van der Waals surface area contributed by atoms with Crippen molar-refractivity contribution in [2.75, 3.05) is 20.8 Å². The lowest BCUT2D eigenvalue weighted by atomic mass is 9.88. The van der Waals surface area contributed by atoms with Gasteiger partial charge >= 0.3 is 0 Å². The van der Waals surface area contributed by atoms with Crippen LogP contribution in [0.2, 0.25) is 0 Å². The van der Waals surface area contributed by atoms with Gasteiger partial charge in [0, 0.05) is 24.1 Å². The standard InChI is InChI=1S/C15H26N2O2/c1-4-5-8-13(17)12(10-16)11-7-6-9-14(18-2)15(11)19-3/h6-7,9,12-13H,4-5,8,10,16-17H2,1-3H3. The van der Waals surface area contributed by atoms with Gasteiger partial charge in [-0.25, -0.2) is 0 Å². The minimum atomic E-state index is 0.0472. The number of methoxy groups -OCH3 is 2. The van der Waals surface area contributed by atoms with Crippen molar-refractivity contribution in [1.82, 2.24) is 0 Å². The molecule has 0 aromatic heterocycles. The average molecular weight is 266 g/mol. The summed E-state index contributed by atoms with van der Waals surface area (Å²) in [4.78, 5) is 0. The fourth-order valence-electron chi connectivity index (χ4n) is 2.38. The van der Waals surface area contributed by atoms with E-state index >= 15 is 0 Å². The molecular formula is C15H26N2O2. The zero-order chi connectivity index (χ0) is 14.3. The summed E-state index contributed by atoms with van der Waals surface area (Å²) in [6.45, 7) is 2.67. The van der Waals surface area contributed by atoms with Crippen LogP contribution in [0.4, 0.5) is 0 Å². The van der Waals surface area contributed by atoms with Gasteiger partial charge in [0.05, 0.1) is 14.2 Å². The fraction of sp³-hybridized carbons (Fsp3) is 0.600. The van der Waals surface area contributed by atoms with E-state index in [2.05, 4.69) is 6.92 Å². The molecule has 0 aliphatic carbocycles. The molecule has 2 unspecified atom stereocenters. The van der Waals surface area contributed by atoms with Crippen molar-refractivity contribution in [3.63, 3.8) is 0 Å². The first-order chi connectivity index (χ1) is 9.19. The Hall–Kier alpha value is -1.26. The molecule has 0 fully saturated rings. The third-order valence-corrected chi connectivity index (χ3v) is 3.49. The van der Waals surface area contributed by atoms with Gasteiger partial charge in [0.25, 0.3) is 0 Å². The fourth-order valence-corrected chi connectivity index (χ4v) is 2.38. The highest BCUT2D eigenvalue weighted by molar-refractivity contribution is 5.48. The molecule has 108 valence electrons. The molecule has 0 radical (unpaired) electrons. The van der Waals surface area contributed by atoms with Crippen molar-refractivity contribution in [3.8, 4) is 11.5 Å². The van der Waals surface area contributed by atoms with Crippen LogP contribution in [0.25, 0.3) is 0 Å². The minimum Gasteiger partial charge on any atom is -0.493 e. The first-order valence-corrected chi connectivity index (χ1v) is 6.86. The van der Waals surface area contributed by atoms with Crippen molar-refractivity contribution >= 4 is 0 Å². The van der Waals surface area contributed by atoms with E-state index in [-0.39, 0.29) is 12.0 Å². The summed E-state index contributed by atoms with van der Waals surface area (Å²) in [7, 11) is 3.28. The molecule has 0 amide bonds. The third kappa shape index (κ3) is 3.85. The number of ether oxygens (including phenoxy) is 2. The maximum atomic E-state index is 6.29. The maximum Gasteiger partial charge on any atom is 0.164 e. The zero-order valence-electron chi connectivity index (χ0n) is 12.2. The Bertz CT molecular complexity index is 382. The van der Waals surface area contributed by atoms with Crippen molar-refractivity contribution in [2.24, 2.45) is 11.5 Å². The van der Waals surface area contributed by atoms with Crippen molar-refractivity contribution < 1.29 is 9.47 Å². The van der Waals surface area contributed by atoms with Gasteiger partial charge in [-0.05, 0) is 12.5 Å². The molecule has 1 rings (SSSR count). The van der Waals surface area contributed by atoms with Gasteiger partial charge in [0.1, 0.15) is 0 Å². The largest absolute Gasteiger partial charge is 0.493 e. The van der Waals surface area contributed by atoms with Gasteiger partial charge in [-0.3, -0.25) is 0 Å². The van der Waals surface area contributed by atoms with Gasteiger partial charge < -0.3 is 20.9 Å². The smallest absolute Gasteiger partial charge is 0.164 e. The molecule has 1 aromatic carbocycles. The van der Waals surface area contributed by atoms with E-state index in [0.717, 1.165) is 36.3 Å². The van der Waals surface area contributed by atoms with Crippen LogP contribution >= 0.6 is 0 Å². The van der Waals surface area contributed by atoms with E-state index in [1.165, 1.54) is 0 Å². The van der Waals surface area contributed by atoms with Crippen LogP contribution in [0.1, 0.15) is 37.7 Å². The van der Waals surface area contributed by atoms with Crippen LogP contribution in [-0.4, -0.2) is 26.8 Å². The molecule has 0 spiro atoms. The molecule has 4 nitrogen and oxygen atoms in total. The molecule has 4 N–H and O–H groups in total. The molecule has 0 saturated heterocycles. The summed E-state index contributed by atoms with van der Waals surface area (Å²) in [5.74, 6) is 1.56. The van der Waals surface area contributed by atoms with Crippen molar-refractivity contribution in [2.45, 2.75) is 38.1 Å². The normalized spacial score (nSPS) is 13.9. The molecule has 2 atom stereocenters. The van der Waals surface area contributed by atoms with Gasteiger partial charge in [0.15, 0.2) is 11.5 Å². The lowest BCUT2D eigenvalue weighted by molar-refractivity contribution is 0.346. The predicted molar refractivity (Wildman–Crippen MR) is 78.8 cm³/mol. The second-order valence-corrected chi connectivity index (χ2v) is 4.73. The van der Waals surface area contributed by atoms with E-state index in [9.17, 15) is 0 Å². The molecule has 0 aliphatic heterocycles. The molecule has 19 heavy (non-hydrogen) atoms. The van der Waals surface area contributed by atoms with Gasteiger partial charge in [-0.15, -0.1) is 0 Å². The molecular weight excluding hydrogens is 240 g/mol. The summed E-state index contributed by atoms with van der Waals surface area (Å²) in [6.07, 6.45) is 3.23. The van der Waals surface area contributed by atoms with Crippen molar-refractivity contribution in [3.05, 3.63) is 23.8 Å². The lowest BCUT2D eigenvalue weighted by Gasteiger charge is -2.25. The molecule has 4 heteroatoms. The number of hydrogen-bond donors (Lipinski definition) is 2. The van der Waals surface area contributed by atoms with Crippen LogP contribution in [0, 0.1) is 0 Å². The quantitative estimate of drug-likeness (QED) is 0.757. The minimum absolute atomic E-state index is 0.0472. The van der Waals surface area contributed by atoms with Gasteiger partial charge in [-0.1, -0.05) is 31.9 Å². The summed E-state index contributed by atoms with van der Waals surface area (Å²) in [6, 6.07) is 5.90. The number of para-hydroxylation sites is 1. The highest BCUT2D eigenvalue weighted by Gasteiger charge is 2.23. The second kappa shape index (κ2) is 8.02. The topological polar surface area (TPSA) is 70.5 Å². The molecule has 0 heterocycles. The molecule has 0 saturated carbocycles. The van der Waals surface area contributed by atoms with Crippen molar-refractivity contribution in [1.29, 1.82) is 0 Å². The summed E-state index contributed by atoms with van der Waals surface area (Å²) in [5.41, 5.74) is 13.2. The van der Waals surface area contributed by atoms with E-state index in [4.69, 9.17) is 20.9 Å². The average Bonchev–Trinajstić information content (AvgIpc) is 2.45. The van der Waals surface area contributed by atoms with Gasteiger partial charge in [-0.2, -0.15) is 0 Å². The highest BCUT2D eigenvalue weighted by atomic mass is 16.5. The Morgan fingerprint density at radius 1 is 1.21 bits per heavy atom. The Morgan fingerprint density at radius 3 is 2.47 bits per heavy atom. The summed E-state index contributed by atoms with van der Waals surface area (Å²) >= 11 is 0. The van der Waals surface area contributed by atoms with E-state index in [1.54, 1.807) is 14.2 Å². The van der Waals surface area contributed by atoms with E-state index < -0.39 is 0 Å². The number of benzene rings is 1. The number of nitrogens with two attached hydrogens (primary N) is 2. The van der Waals surface area contributed by atoms with E-state index in [1.807, 2.05) is 18.2 Å². The third-order valence-electron chi connectivity index (χ3n) is 3.49. The SMILES string of the molecule is CCCCC(N)C(CN)c1cccc(OC)c1OC.